The van der Waals surface area contributed by atoms with E-state index < -0.39 is 21.9 Å². The normalized spacial score (nSPS) is 18.3. The number of carboxylic acid groups (broad SMARTS) is 1. The molecule has 1 aromatic rings. The minimum absolute atomic E-state index is 0.208. The molecule has 1 saturated heterocycles. The van der Waals surface area contributed by atoms with Gasteiger partial charge in [0.2, 0.25) is 10.0 Å². The molecule has 1 heterocycles. The maximum Gasteiger partial charge on any atom is 0.307 e. The van der Waals surface area contributed by atoms with E-state index in [4.69, 9.17) is 4.74 Å². The van der Waals surface area contributed by atoms with E-state index in [-0.39, 0.29) is 12.2 Å². The van der Waals surface area contributed by atoms with Gasteiger partial charge in [-0.1, -0.05) is 30.3 Å². The molecule has 1 fully saturated rings. The summed E-state index contributed by atoms with van der Waals surface area (Å²) in [6.45, 7) is 1.30. The summed E-state index contributed by atoms with van der Waals surface area (Å²) in [5.74, 6) is -2.41. The average molecular weight is 313 g/mol. The molecular weight excluding hydrogens is 294 g/mol. The molecule has 21 heavy (non-hydrogen) atoms. The first kappa shape index (κ1) is 15.9. The van der Waals surface area contributed by atoms with E-state index in [0.29, 0.717) is 26.3 Å². The Balaban J connectivity index is 2.07. The van der Waals surface area contributed by atoms with Crippen LogP contribution in [0.25, 0.3) is 0 Å². The maximum atomic E-state index is 12.3. The lowest BCUT2D eigenvalue weighted by molar-refractivity contribution is -0.140. The third-order valence-electron chi connectivity index (χ3n) is 3.45. The summed E-state index contributed by atoms with van der Waals surface area (Å²) in [7, 11) is -3.58. The summed E-state index contributed by atoms with van der Waals surface area (Å²) in [5, 5.41) is 9.29. The van der Waals surface area contributed by atoms with Gasteiger partial charge in [0.1, 0.15) is 0 Å². The number of morpholine rings is 1. The third kappa shape index (κ3) is 4.52. The van der Waals surface area contributed by atoms with Crippen molar-refractivity contribution in [1.82, 2.24) is 4.31 Å². The minimum Gasteiger partial charge on any atom is -0.481 e. The highest BCUT2D eigenvalue weighted by Crippen LogP contribution is 2.15. The van der Waals surface area contributed by atoms with E-state index in [1.165, 1.54) is 4.31 Å². The van der Waals surface area contributed by atoms with Crippen LogP contribution in [0.1, 0.15) is 5.56 Å². The molecule has 0 bridgehead atoms. The van der Waals surface area contributed by atoms with Gasteiger partial charge in [-0.15, -0.1) is 0 Å². The molecule has 0 aromatic heterocycles. The van der Waals surface area contributed by atoms with Crippen molar-refractivity contribution in [3.63, 3.8) is 0 Å². The van der Waals surface area contributed by atoms with Gasteiger partial charge in [-0.2, -0.15) is 4.31 Å². The maximum absolute atomic E-state index is 12.3. The number of benzene rings is 1. The van der Waals surface area contributed by atoms with Gasteiger partial charge < -0.3 is 9.84 Å². The third-order valence-corrected chi connectivity index (χ3v) is 5.42. The van der Waals surface area contributed by atoms with E-state index in [0.717, 1.165) is 5.56 Å². The first-order valence-corrected chi connectivity index (χ1v) is 8.42. The molecule has 1 N–H and O–H groups in total. The first-order valence-electron chi connectivity index (χ1n) is 6.81. The van der Waals surface area contributed by atoms with Crippen molar-refractivity contribution in [3.8, 4) is 0 Å². The monoisotopic (exact) mass is 313 g/mol. The molecule has 1 unspecified atom stereocenters. The summed E-state index contributed by atoms with van der Waals surface area (Å²) >= 11 is 0. The van der Waals surface area contributed by atoms with Crippen LogP contribution in [-0.2, 0) is 26.0 Å². The minimum atomic E-state index is -3.58. The molecule has 1 aliphatic rings. The molecular formula is C14H19NO5S. The van der Waals surface area contributed by atoms with Crippen LogP contribution in [-0.4, -0.2) is 55.9 Å². The van der Waals surface area contributed by atoms with Gasteiger partial charge in [-0.25, -0.2) is 8.42 Å². The van der Waals surface area contributed by atoms with Crippen molar-refractivity contribution in [2.45, 2.75) is 6.42 Å². The van der Waals surface area contributed by atoms with Gasteiger partial charge in [0.05, 0.1) is 24.9 Å². The van der Waals surface area contributed by atoms with Crippen molar-refractivity contribution in [2.24, 2.45) is 5.92 Å². The largest absolute Gasteiger partial charge is 0.481 e. The lowest BCUT2D eigenvalue weighted by atomic mass is 10.0. The van der Waals surface area contributed by atoms with Gasteiger partial charge in [0.15, 0.2) is 0 Å². The van der Waals surface area contributed by atoms with Crippen molar-refractivity contribution >= 4 is 16.0 Å². The average Bonchev–Trinajstić information content (AvgIpc) is 2.48. The highest BCUT2D eigenvalue weighted by molar-refractivity contribution is 7.89. The van der Waals surface area contributed by atoms with Gasteiger partial charge >= 0.3 is 5.97 Å². The van der Waals surface area contributed by atoms with Crippen molar-refractivity contribution in [3.05, 3.63) is 35.9 Å². The van der Waals surface area contributed by atoms with Crippen LogP contribution in [0.3, 0.4) is 0 Å². The first-order chi connectivity index (χ1) is 9.99. The topological polar surface area (TPSA) is 83.9 Å². The Bertz CT molecular complexity index is 566. The second-order valence-electron chi connectivity index (χ2n) is 5.01. The predicted octanol–water partition coefficient (Wildman–Crippen LogP) is 0.592. The fourth-order valence-electron chi connectivity index (χ4n) is 2.30. The van der Waals surface area contributed by atoms with E-state index in [9.17, 15) is 18.3 Å². The zero-order valence-corrected chi connectivity index (χ0v) is 12.5. The van der Waals surface area contributed by atoms with Crippen LogP contribution >= 0.6 is 0 Å². The number of rotatable bonds is 6. The lowest BCUT2D eigenvalue weighted by Crippen LogP contribution is -2.44. The Hall–Kier alpha value is -1.44. The summed E-state index contributed by atoms with van der Waals surface area (Å²) in [5.41, 5.74) is 0.821. The SMILES string of the molecule is O=C(O)C(Cc1ccccc1)CS(=O)(=O)N1CCOCC1. The lowest BCUT2D eigenvalue weighted by Gasteiger charge is -2.27. The zero-order chi connectivity index (χ0) is 15.3. The quantitative estimate of drug-likeness (QED) is 0.831. The van der Waals surface area contributed by atoms with Crippen LogP contribution in [0.4, 0.5) is 0 Å². The van der Waals surface area contributed by atoms with Crippen molar-refractivity contribution in [2.75, 3.05) is 32.1 Å². The number of carboxylic acids is 1. The van der Waals surface area contributed by atoms with Crippen LogP contribution in [0, 0.1) is 5.92 Å². The Morgan fingerprint density at radius 1 is 1.24 bits per heavy atom. The summed E-state index contributed by atoms with van der Waals surface area (Å²) < 4.78 is 31.0. The highest BCUT2D eigenvalue weighted by atomic mass is 32.2. The Morgan fingerprint density at radius 3 is 2.43 bits per heavy atom. The molecule has 1 aromatic carbocycles. The number of carbonyl (C=O) groups is 1. The molecule has 6 nitrogen and oxygen atoms in total. The van der Waals surface area contributed by atoms with Crippen LogP contribution in [0.5, 0.6) is 0 Å². The second kappa shape index (κ2) is 7.02. The summed E-state index contributed by atoms with van der Waals surface area (Å²) in [6.07, 6.45) is 0.208. The number of sulfonamides is 1. The Kier molecular flexibility index (Phi) is 5.33. The summed E-state index contributed by atoms with van der Waals surface area (Å²) in [6, 6.07) is 9.06. The van der Waals surface area contributed by atoms with Gasteiger partial charge in [-0.05, 0) is 12.0 Å². The molecule has 0 amide bonds. The number of ether oxygens (including phenoxy) is 1. The molecule has 0 radical (unpaired) electrons. The van der Waals surface area contributed by atoms with Gasteiger partial charge in [0.25, 0.3) is 0 Å². The van der Waals surface area contributed by atoms with E-state index in [2.05, 4.69) is 0 Å². The van der Waals surface area contributed by atoms with E-state index in [1.807, 2.05) is 18.2 Å². The highest BCUT2D eigenvalue weighted by Gasteiger charge is 2.31. The van der Waals surface area contributed by atoms with E-state index >= 15 is 0 Å². The molecule has 2 rings (SSSR count). The summed E-state index contributed by atoms with van der Waals surface area (Å²) in [4.78, 5) is 11.4. The van der Waals surface area contributed by atoms with E-state index in [1.54, 1.807) is 12.1 Å². The smallest absolute Gasteiger partial charge is 0.307 e. The zero-order valence-electron chi connectivity index (χ0n) is 11.6. The van der Waals surface area contributed by atoms with Gasteiger partial charge in [-0.3, -0.25) is 4.79 Å². The van der Waals surface area contributed by atoms with Crippen molar-refractivity contribution in [1.29, 1.82) is 0 Å². The Labute approximate surface area is 124 Å². The molecule has 1 aliphatic heterocycles. The van der Waals surface area contributed by atoms with Crippen LogP contribution in [0.15, 0.2) is 30.3 Å². The number of hydrogen-bond acceptors (Lipinski definition) is 4. The van der Waals surface area contributed by atoms with Crippen LogP contribution in [0.2, 0.25) is 0 Å². The molecule has 0 aliphatic carbocycles. The van der Waals surface area contributed by atoms with Crippen LogP contribution < -0.4 is 0 Å². The molecule has 1 atom stereocenters. The predicted molar refractivity (Wildman–Crippen MR) is 77.5 cm³/mol. The fourth-order valence-corrected chi connectivity index (χ4v) is 3.99. The molecule has 7 heteroatoms. The molecule has 116 valence electrons. The number of nitrogens with zero attached hydrogens (tertiary/aromatic N) is 1. The number of hydrogen-bond donors (Lipinski definition) is 1. The number of aliphatic carboxylic acids is 1. The molecule has 0 spiro atoms. The molecule has 0 saturated carbocycles. The standard InChI is InChI=1S/C14H19NO5S/c16-14(17)13(10-12-4-2-1-3-5-12)11-21(18,19)15-6-8-20-9-7-15/h1-5,13H,6-11H2,(H,16,17). The fraction of sp³-hybridized carbons (Fsp3) is 0.500. The second-order valence-corrected chi connectivity index (χ2v) is 7.03. The van der Waals surface area contributed by atoms with Gasteiger partial charge in [0, 0.05) is 13.1 Å². The Morgan fingerprint density at radius 2 is 1.86 bits per heavy atom. The van der Waals surface area contributed by atoms with Crippen molar-refractivity contribution < 1.29 is 23.1 Å².